The van der Waals surface area contributed by atoms with Crippen LogP contribution in [-0.4, -0.2) is 67.7 Å². The second-order valence-electron chi connectivity index (χ2n) is 8.20. The van der Waals surface area contributed by atoms with Crippen LogP contribution in [0.1, 0.15) is 26.5 Å². The van der Waals surface area contributed by atoms with Gasteiger partial charge in [-0.2, -0.15) is 13.2 Å². The van der Waals surface area contributed by atoms with Crippen molar-refractivity contribution in [2.24, 2.45) is 0 Å². The van der Waals surface area contributed by atoms with Gasteiger partial charge in [-0.25, -0.2) is 15.0 Å². The Balaban J connectivity index is 1.18. The van der Waals surface area contributed by atoms with E-state index in [0.29, 0.717) is 48.8 Å². The molecular weight excluding hydrogens is 475 g/mol. The van der Waals surface area contributed by atoms with Gasteiger partial charge in [0, 0.05) is 55.1 Å². The average Bonchev–Trinajstić information content (AvgIpc) is 3.33. The molecule has 1 aromatic carbocycles. The van der Waals surface area contributed by atoms with Crippen LogP contribution < -0.4 is 5.32 Å². The molecule has 4 heterocycles. The second kappa shape index (κ2) is 9.29. The number of hydrogen-bond donors (Lipinski definition) is 2. The van der Waals surface area contributed by atoms with Crippen LogP contribution in [0.15, 0.2) is 61.1 Å². The fraction of sp³-hybridized carbons (Fsp3) is 0.208. The highest BCUT2D eigenvalue weighted by Crippen LogP contribution is 2.29. The summed E-state index contributed by atoms with van der Waals surface area (Å²) in [4.78, 5) is 43.4. The summed E-state index contributed by atoms with van der Waals surface area (Å²) in [5, 5.41) is 3.63. The normalized spacial score (nSPS) is 14.2. The van der Waals surface area contributed by atoms with Gasteiger partial charge in [-0.15, -0.1) is 0 Å². The molecule has 0 atom stereocenters. The SMILES string of the molecule is O=C(c1ccc(Nc2cc(C(F)(F)F)ncn2)cc1)N1CCN(C(=O)c2cc3cccnc3[nH]2)CC1. The number of amides is 2. The van der Waals surface area contributed by atoms with Crippen molar-refractivity contribution in [1.82, 2.24) is 29.7 Å². The summed E-state index contributed by atoms with van der Waals surface area (Å²) in [6, 6.07) is 12.6. The predicted octanol–water partition coefficient (Wildman–Crippen LogP) is 3.71. The van der Waals surface area contributed by atoms with Crippen molar-refractivity contribution in [3.05, 3.63) is 78.0 Å². The lowest BCUT2D eigenvalue weighted by molar-refractivity contribution is -0.141. The summed E-state index contributed by atoms with van der Waals surface area (Å²) in [7, 11) is 0. The molecule has 0 saturated carbocycles. The van der Waals surface area contributed by atoms with Crippen LogP contribution in [0, 0.1) is 0 Å². The molecule has 3 aromatic heterocycles. The molecule has 36 heavy (non-hydrogen) atoms. The number of nitrogens with one attached hydrogen (secondary N) is 2. The van der Waals surface area contributed by atoms with E-state index in [9.17, 15) is 22.8 Å². The van der Waals surface area contributed by atoms with Crippen molar-refractivity contribution in [1.29, 1.82) is 0 Å². The first kappa shape index (κ1) is 23.3. The number of carbonyl (C=O) groups is 2. The monoisotopic (exact) mass is 495 g/mol. The van der Waals surface area contributed by atoms with E-state index < -0.39 is 11.9 Å². The molecule has 9 nitrogen and oxygen atoms in total. The highest BCUT2D eigenvalue weighted by atomic mass is 19.4. The molecule has 0 bridgehead atoms. The van der Waals surface area contributed by atoms with E-state index >= 15 is 0 Å². The number of carbonyl (C=O) groups excluding carboxylic acids is 2. The van der Waals surface area contributed by atoms with Crippen LogP contribution in [-0.2, 0) is 6.18 Å². The highest BCUT2D eigenvalue weighted by molar-refractivity contribution is 5.98. The van der Waals surface area contributed by atoms with E-state index in [1.54, 1.807) is 52.4 Å². The fourth-order valence-corrected chi connectivity index (χ4v) is 3.96. The van der Waals surface area contributed by atoms with Gasteiger partial charge in [0.1, 0.15) is 29.2 Å². The minimum absolute atomic E-state index is 0.0112. The summed E-state index contributed by atoms with van der Waals surface area (Å²) < 4.78 is 38.5. The van der Waals surface area contributed by atoms with Crippen molar-refractivity contribution in [3.8, 4) is 0 Å². The Hall–Kier alpha value is -4.48. The van der Waals surface area contributed by atoms with Crippen molar-refractivity contribution < 1.29 is 22.8 Å². The van der Waals surface area contributed by atoms with Crippen LogP contribution in [0.3, 0.4) is 0 Å². The first-order valence-electron chi connectivity index (χ1n) is 11.1. The highest BCUT2D eigenvalue weighted by Gasteiger charge is 2.33. The number of pyridine rings is 1. The van der Waals surface area contributed by atoms with Gasteiger partial charge in [-0.05, 0) is 42.5 Å². The molecule has 0 spiro atoms. The van der Waals surface area contributed by atoms with Gasteiger partial charge in [0.05, 0.1) is 0 Å². The summed E-state index contributed by atoms with van der Waals surface area (Å²) in [5.74, 6) is -0.346. The zero-order valence-electron chi connectivity index (χ0n) is 18.8. The van der Waals surface area contributed by atoms with Crippen molar-refractivity contribution >= 4 is 34.4 Å². The van der Waals surface area contributed by atoms with E-state index in [0.717, 1.165) is 17.8 Å². The molecule has 12 heteroatoms. The van der Waals surface area contributed by atoms with Gasteiger partial charge >= 0.3 is 6.18 Å². The summed E-state index contributed by atoms with van der Waals surface area (Å²) in [5.41, 5.74) is 0.957. The quantitative estimate of drug-likeness (QED) is 0.447. The second-order valence-corrected chi connectivity index (χ2v) is 8.20. The molecule has 0 aliphatic carbocycles. The number of hydrogen-bond acceptors (Lipinski definition) is 6. The summed E-state index contributed by atoms with van der Waals surface area (Å²) in [6.45, 7) is 1.54. The fourth-order valence-electron chi connectivity index (χ4n) is 3.96. The number of alkyl halides is 3. The van der Waals surface area contributed by atoms with Crippen LogP contribution in [0.4, 0.5) is 24.7 Å². The molecule has 1 aliphatic heterocycles. The molecular formula is C24H20F3N7O2. The van der Waals surface area contributed by atoms with Crippen LogP contribution in [0.5, 0.6) is 0 Å². The van der Waals surface area contributed by atoms with Gasteiger partial charge in [0.25, 0.3) is 11.8 Å². The number of aromatic amines is 1. The smallest absolute Gasteiger partial charge is 0.340 e. The van der Waals surface area contributed by atoms with Crippen LogP contribution >= 0.6 is 0 Å². The Kier molecular flexibility index (Phi) is 6.00. The Bertz CT molecular complexity index is 1380. The maximum absolute atomic E-state index is 12.9. The zero-order valence-corrected chi connectivity index (χ0v) is 18.8. The predicted molar refractivity (Wildman–Crippen MR) is 125 cm³/mol. The molecule has 1 aliphatic rings. The van der Waals surface area contributed by atoms with Crippen molar-refractivity contribution in [2.45, 2.75) is 6.18 Å². The molecule has 4 aromatic rings. The third kappa shape index (κ3) is 4.83. The van der Waals surface area contributed by atoms with Crippen LogP contribution in [0.25, 0.3) is 11.0 Å². The Labute approximate surface area is 203 Å². The molecule has 2 N–H and O–H groups in total. The third-order valence-electron chi connectivity index (χ3n) is 5.84. The number of fused-ring (bicyclic) bond motifs is 1. The number of H-pyrrole nitrogens is 1. The molecule has 184 valence electrons. The average molecular weight is 495 g/mol. The lowest BCUT2D eigenvalue weighted by Gasteiger charge is -2.34. The van der Waals surface area contributed by atoms with E-state index in [1.807, 2.05) is 6.07 Å². The largest absolute Gasteiger partial charge is 0.433 e. The number of piperazine rings is 1. The van der Waals surface area contributed by atoms with Gasteiger partial charge in [0.2, 0.25) is 0 Å². The maximum Gasteiger partial charge on any atom is 0.433 e. The minimum Gasteiger partial charge on any atom is -0.340 e. The first-order chi connectivity index (χ1) is 17.3. The number of benzene rings is 1. The molecule has 0 radical (unpaired) electrons. The standard InChI is InChI=1S/C24H20F3N7O2/c25-24(26,27)19-13-20(30-14-29-19)31-17-5-3-15(4-6-17)22(35)33-8-10-34(11-9-33)23(36)18-12-16-2-1-7-28-21(16)32-18/h1-7,12-14H,8-11H2,(H,28,32)(H,29,30,31). The van der Waals surface area contributed by atoms with Gasteiger partial charge in [-0.1, -0.05) is 0 Å². The number of rotatable bonds is 4. The third-order valence-corrected chi connectivity index (χ3v) is 5.84. The lowest BCUT2D eigenvalue weighted by Crippen LogP contribution is -2.50. The van der Waals surface area contributed by atoms with Crippen LogP contribution in [0.2, 0.25) is 0 Å². The lowest BCUT2D eigenvalue weighted by atomic mass is 10.1. The molecule has 2 amide bonds. The Morgan fingerprint density at radius 2 is 1.58 bits per heavy atom. The van der Waals surface area contributed by atoms with Gasteiger partial charge in [-0.3, -0.25) is 9.59 Å². The van der Waals surface area contributed by atoms with Crippen molar-refractivity contribution in [2.75, 3.05) is 31.5 Å². The zero-order chi connectivity index (χ0) is 25.3. The van der Waals surface area contributed by atoms with E-state index in [2.05, 4.69) is 25.3 Å². The Morgan fingerprint density at radius 1 is 0.889 bits per heavy atom. The molecule has 1 fully saturated rings. The number of nitrogens with zero attached hydrogens (tertiary/aromatic N) is 5. The molecule has 0 unspecified atom stereocenters. The van der Waals surface area contributed by atoms with E-state index in [1.165, 1.54) is 0 Å². The number of aromatic nitrogens is 4. The number of halogens is 3. The summed E-state index contributed by atoms with van der Waals surface area (Å²) >= 11 is 0. The maximum atomic E-state index is 12.9. The van der Waals surface area contributed by atoms with Gasteiger partial charge < -0.3 is 20.1 Å². The summed E-state index contributed by atoms with van der Waals surface area (Å²) in [6.07, 6.45) is -2.08. The Morgan fingerprint density at radius 3 is 2.25 bits per heavy atom. The molecule has 1 saturated heterocycles. The van der Waals surface area contributed by atoms with Crippen molar-refractivity contribution in [3.63, 3.8) is 0 Å². The first-order valence-corrected chi connectivity index (χ1v) is 11.1. The molecule has 5 rings (SSSR count). The van der Waals surface area contributed by atoms with Gasteiger partial charge in [0.15, 0.2) is 0 Å². The van der Waals surface area contributed by atoms with E-state index in [4.69, 9.17) is 0 Å². The minimum atomic E-state index is -4.57. The van der Waals surface area contributed by atoms with E-state index in [-0.39, 0.29) is 17.6 Å². The number of anilines is 2. The topological polar surface area (TPSA) is 107 Å².